The molecule has 1 aliphatic rings. The van der Waals surface area contributed by atoms with Gasteiger partial charge in [0.2, 0.25) is 0 Å². The third-order valence-corrected chi connectivity index (χ3v) is 4.02. The molecule has 1 N–H and O–H groups in total. The molecule has 0 spiro atoms. The Labute approximate surface area is 139 Å². The lowest BCUT2D eigenvalue weighted by molar-refractivity contribution is -0.137. The van der Waals surface area contributed by atoms with E-state index in [0.717, 1.165) is 18.7 Å². The number of carbonyl (C=O) groups is 1. The number of ketones is 1. The van der Waals surface area contributed by atoms with Crippen LogP contribution in [0.1, 0.15) is 37.8 Å². The SMILES string of the molecule is CC1CNCC(C)(CCC(=O)/C=C/c2ccc(C(F)(F)F)cc2)O1. The predicted octanol–water partition coefficient (Wildman–Crippen LogP) is 3.83. The summed E-state index contributed by atoms with van der Waals surface area (Å²) >= 11 is 0. The fourth-order valence-corrected chi connectivity index (χ4v) is 2.70. The maximum Gasteiger partial charge on any atom is 0.416 e. The van der Waals surface area contributed by atoms with Crippen LogP contribution in [0.25, 0.3) is 6.08 Å². The van der Waals surface area contributed by atoms with Crippen LogP contribution in [-0.4, -0.2) is 30.6 Å². The molecule has 1 saturated heterocycles. The molecule has 1 aromatic carbocycles. The van der Waals surface area contributed by atoms with Gasteiger partial charge in [-0.25, -0.2) is 0 Å². The molecular formula is C18H22F3NO2. The minimum atomic E-state index is -4.35. The molecule has 2 rings (SSSR count). The third-order valence-electron chi connectivity index (χ3n) is 4.02. The fraction of sp³-hybridized carbons (Fsp3) is 0.500. The maximum atomic E-state index is 12.5. The zero-order chi connectivity index (χ0) is 17.8. The van der Waals surface area contributed by atoms with E-state index in [1.54, 1.807) is 0 Å². The summed E-state index contributed by atoms with van der Waals surface area (Å²) in [6.45, 7) is 5.46. The number of benzene rings is 1. The summed E-state index contributed by atoms with van der Waals surface area (Å²) in [5, 5.41) is 3.28. The van der Waals surface area contributed by atoms with Gasteiger partial charge in [-0.1, -0.05) is 18.2 Å². The first-order chi connectivity index (χ1) is 11.2. The van der Waals surface area contributed by atoms with E-state index in [2.05, 4.69) is 5.32 Å². The smallest absolute Gasteiger partial charge is 0.370 e. The van der Waals surface area contributed by atoms with Gasteiger partial charge >= 0.3 is 6.18 Å². The van der Waals surface area contributed by atoms with Crippen molar-refractivity contribution in [1.29, 1.82) is 0 Å². The van der Waals surface area contributed by atoms with Crippen LogP contribution < -0.4 is 5.32 Å². The van der Waals surface area contributed by atoms with Crippen LogP contribution in [0.2, 0.25) is 0 Å². The number of hydrogen-bond acceptors (Lipinski definition) is 3. The van der Waals surface area contributed by atoms with Crippen LogP contribution in [0.5, 0.6) is 0 Å². The zero-order valence-electron chi connectivity index (χ0n) is 13.8. The van der Waals surface area contributed by atoms with Crippen LogP contribution in [0, 0.1) is 0 Å². The van der Waals surface area contributed by atoms with E-state index in [0.29, 0.717) is 24.9 Å². The number of carbonyl (C=O) groups excluding carboxylic acids is 1. The molecule has 6 heteroatoms. The average molecular weight is 341 g/mol. The van der Waals surface area contributed by atoms with Crippen LogP contribution in [0.15, 0.2) is 30.3 Å². The number of nitrogens with one attached hydrogen (secondary N) is 1. The van der Waals surface area contributed by atoms with E-state index in [1.807, 2.05) is 13.8 Å². The summed E-state index contributed by atoms with van der Waals surface area (Å²) in [5.74, 6) is -0.0713. The van der Waals surface area contributed by atoms with Crippen molar-refractivity contribution in [2.45, 2.75) is 44.6 Å². The van der Waals surface area contributed by atoms with E-state index in [9.17, 15) is 18.0 Å². The summed E-state index contributed by atoms with van der Waals surface area (Å²) in [7, 11) is 0. The van der Waals surface area contributed by atoms with Crippen molar-refractivity contribution in [2.75, 3.05) is 13.1 Å². The van der Waals surface area contributed by atoms with Crippen molar-refractivity contribution in [3.8, 4) is 0 Å². The molecule has 0 amide bonds. The Morgan fingerprint density at radius 1 is 1.38 bits per heavy atom. The zero-order valence-corrected chi connectivity index (χ0v) is 13.8. The van der Waals surface area contributed by atoms with Crippen molar-refractivity contribution in [3.63, 3.8) is 0 Å². The lowest BCUT2D eigenvalue weighted by Gasteiger charge is -2.38. The molecule has 0 bridgehead atoms. The van der Waals surface area contributed by atoms with Crippen LogP contribution in [0.3, 0.4) is 0 Å². The molecule has 24 heavy (non-hydrogen) atoms. The van der Waals surface area contributed by atoms with Gasteiger partial charge in [0.05, 0.1) is 17.3 Å². The molecule has 2 atom stereocenters. The summed E-state index contributed by atoms with van der Waals surface area (Å²) in [4.78, 5) is 12.0. The highest BCUT2D eigenvalue weighted by Gasteiger charge is 2.31. The molecule has 1 aromatic rings. The van der Waals surface area contributed by atoms with E-state index in [1.165, 1.54) is 24.3 Å². The van der Waals surface area contributed by atoms with Gasteiger partial charge in [0.25, 0.3) is 0 Å². The quantitative estimate of drug-likeness (QED) is 0.827. The number of allylic oxidation sites excluding steroid dienone is 1. The first kappa shape index (κ1) is 18.7. The van der Waals surface area contributed by atoms with Crippen LogP contribution >= 0.6 is 0 Å². The van der Waals surface area contributed by atoms with Crippen molar-refractivity contribution in [1.82, 2.24) is 5.32 Å². The van der Waals surface area contributed by atoms with Gasteiger partial charge in [0.1, 0.15) is 0 Å². The largest absolute Gasteiger partial charge is 0.416 e. The molecule has 2 unspecified atom stereocenters. The molecule has 0 radical (unpaired) electrons. The Kier molecular flexibility index (Phi) is 5.83. The van der Waals surface area contributed by atoms with E-state index in [-0.39, 0.29) is 17.5 Å². The van der Waals surface area contributed by atoms with E-state index in [4.69, 9.17) is 4.74 Å². The molecule has 0 saturated carbocycles. The minimum absolute atomic E-state index is 0.0713. The van der Waals surface area contributed by atoms with Crippen molar-refractivity contribution in [3.05, 3.63) is 41.5 Å². The van der Waals surface area contributed by atoms with Crippen LogP contribution in [-0.2, 0) is 15.7 Å². The summed E-state index contributed by atoms with van der Waals surface area (Å²) in [6.07, 6.45) is -0.359. The van der Waals surface area contributed by atoms with Gasteiger partial charge < -0.3 is 10.1 Å². The Balaban J connectivity index is 1.86. The minimum Gasteiger partial charge on any atom is -0.370 e. The van der Waals surface area contributed by atoms with Gasteiger partial charge in [-0.05, 0) is 44.0 Å². The fourth-order valence-electron chi connectivity index (χ4n) is 2.70. The lowest BCUT2D eigenvalue weighted by atomic mass is 9.96. The number of hydrogen-bond donors (Lipinski definition) is 1. The lowest BCUT2D eigenvalue weighted by Crippen LogP contribution is -2.51. The predicted molar refractivity (Wildman–Crippen MR) is 86.5 cm³/mol. The number of rotatable bonds is 5. The topological polar surface area (TPSA) is 38.3 Å². The molecule has 0 aromatic heterocycles. The van der Waals surface area contributed by atoms with Crippen molar-refractivity contribution >= 4 is 11.9 Å². The Morgan fingerprint density at radius 3 is 2.62 bits per heavy atom. The highest BCUT2D eigenvalue weighted by molar-refractivity contribution is 5.93. The molecule has 1 aliphatic heterocycles. The summed E-state index contributed by atoms with van der Waals surface area (Å²) in [5.41, 5.74) is -0.503. The maximum absolute atomic E-state index is 12.5. The highest BCUT2D eigenvalue weighted by atomic mass is 19.4. The number of morpholine rings is 1. The second-order valence-corrected chi connectivity index (χ2v) is 6.43. The van der Waals surface area contributed by atoms with Gasteiger partial charge in [-0.15, -0.1) is 0 Å². The molecule has 1 fully saturated rings. The summed E-state index contributed by atoms with van der Waals surface area (Å²) in [6, 6.07) is 4.72. The van der Waals surface area contributed by atoms with Gasteiger partial charge in [-0.3, -0.25) is 4.79 Å². The highest BCUT2D eigenvalue weighted by Crippen LogP contribution is 2.29. The van der Waals surface area contributed by atoms with E-state index >= 15 is 0 Å². The van der Waals surface area contributed by atoms with Crippen molar-refractivity contribution in [2.24, 2.45) is 0 Å². The van der Waals surface area contributed by atoms with Gasteiger partial charge in [0, 0.05) is 19.5 Å². The van der Waals surface area contributed by atoms with Crippen molar-refractivity contribution < 1.29 is 22.7 Å². The second-order valence-electron chi connectivity index (χ2n) is 6.43. The van der Waals surface area contributed by atoms with E-state index < -0.39 is 11.7 Å². The molecular weight excluding hydrogens is 319 g/mol. The number of halogens is 3. The first-order valence-electron chi connectivity index (χ1n) is 7.95. The Morgan fingerprint density at radius 2 is 2.04 bits per heavy atom. The van der Waals surface area contributed by atoms with Gasteiger partial charge in [0.15, 0.2) is 5.78 Å². The third kappa shape index (κ3) is 5.46. The second kappa shape index (κ2) is 7.49. The first-order valence-corrected chi connectivity index (χ1v) is 7.95. The number of alkyl halides is 3. The van der Waals surface area contributed by atoms with Crippen LogP contribution in [0.4, 0.5) is 13.2 Å². The number of ether oxygens (including phenoxy) is 1. The average Bonchev–Trinajstić information content (AvgIpc) is 2.50. The standard InChI is InChI=1S/C18H22F3NO2/c1-13-11-22-12-17(2,24-13)10-9-16(23)8-5-14-3-6-15(7-4-14)18(19,20)21/h3-8,13,22H,9-12H2,1-2H3/b8-5+. The monoisotopic (exact) mass is 341 g/mol. The molecule has 1 heterocycles. The normalized spacial score (nSPS) is 25.1. The Bertz CT molecular complexity index is 595. The Hall–Kier alpha value is -1.66. The molecule has 3 nitrogen and oxygen atoms in total. The summed E-state index contributed by atoms with van der Waals surface area (Å²) < 4.78 is 43.3. The molecule has 132 valence electrons. The molecule has 0 aliphatic carbocycles. The van der Waals surface area contributed by atoms with Gasteiger partial charge in [-0.2, -0.15) is 13.2 Å².